The predicted molar refractivity (Wildman–Crippen MR) is 105 cm³/mol. The Hall–Kier alpha value is -3.75. The third-order valence-electron chi connectivity index (χ3n) is 4.65. The van der Waals surface area contributed by atoms with Crippen molar-refractivity contribution in [3.8, 4) is 11.3 Å². The highest BCUT2D eigenvalue weighted by molar-refractivity contribution is 6.26. The molecule has 1 aliphatic heterocycles. The molecule has 9 heteroatoms. The minimum Gasteiger partial charge on any atom is -0.481 e. The van der Waals surface area contributed by atoms with Gasteiger partial charge in [-0.25, -0.2) is 5.01 Å². The van der Waals surface area contributed by atoms with Crippen LogP contribution in [0.1, 0.15) is 30.2 Å². The Bertz CT molecular complexity index is 1080. The van der Waals surface area contributed by atoms with Crippen LogP contribution < -0.4 is 0 Å². The summed E-state index contributed by atoms with van der Waals surface area (Å²) in [6.07, 6.45) is 1.29. The number of nitro groups is 1. The van der Waals surface area contributed by atoms with Gasteiger partial charge in [0.25, 0.3) is 11.6 Å². The molecule has 1 N–H and O–H groups in total. The summed E-state index contributed by atoms with van der Waals surface area (Å²) in [5.41, 5.74) is 2.72. The van der Waals surface area contributed by atoms with Crippen molar-refractivity contribution in [3.05, 3.63) is 56.8 Å². The first-order valence-electron chi connectivity index (χ1n) is 8.84. The van der Waals surface area contributed by atoms with Gasteiger partial charge in [-0.15, -0.1) is 0 Å². The number of aryl methyl sites for hydroxylation is 2. The Labute approximate surface area is 166 Å². The molecule has 9 nitrogen and oxygen atoms in total. The number of nitro benzene ring substituents is 1. The summed E-state index contributed by atoms with van der Waals surface area (Å²) in [7, 11) is 0. The van der Waals surface area contributed by atoms with Gasteiger partial charge >= 0.3 is 5.97 Å². The molecule has 0 atom stereocenters. The van der Waals surface area contributed by atoms with Crippen LogP contribution in [-0.2, 0) is 9.59 Å². The number of benzene rings is 1. The van der Waals surface area contributed by atoms with Crippen molar-refractivity contribution in [1.29, 1.82) is 0 Å². The van der Waals surface area contributed by atoms with Gasteiger partial charge in [0, 0.05) is 6.07 Å². The van der Waals surface area contributed by atoms with Crippen molar-refractivity contribution in [2.45, 2.75) is 27.2 Å². The van der Waals surface area contributed by atoms with Gasteiger partial charge in [-0.3, -0.25) is 19.7 Å². The first-order chi connectivity index (χ1) is 13.7. The quantitative estimate of drug-likeness (QED) is 0.451. The Balaban J connectivity index is 1.91. The Morgan fingerprint density at radius 1 is 1.28 bits per heavy atom. The number of aliphatic carboxylic acids is 1. The van der Waals surface area contributed by atoms with E-state index in [0.717, 1.165) is 16.1 Å². The minimum absolute atomic E-state index is 0.0267. The van der Waals surface area contributed by atoms with Gasteiger partial charge in [-0.1, -0.05) is 0 Å². The third-order valence-corrected chi connectivity index (χ3v) is 4.65. The molecule has 0 aliphatic carbocycles. The molecular weight excluding hydrogens is 378 g/mol. The lowest BCUT2D eigenvalue weighted by atomic mass is 10.0. The summed E-state index contributed by atoms with van der Waals surface area (Å²) in [5, 5.41) is 25.4. The summed E-state index contributed by atoms with van der Waals surface area (Å²) in [5.74, 6) is -0.785. The molecule has 150 valence electrons. The molecule has 1 aliphatic rings. The van der Waals surface area contributed by atoms with E-state index in [2.05, 4.69) is 5.10 Å². The van der Waals surface area contributed by atoms with Gasteiger partial charge in [0.15, 0.2) is 0 Å². The highest BCUT2D eigenvalue weighted by Crippen LogP contribution is 2.34. The molecule has 1 amide bonds. The number of rotatable bonds is 6. The van der Waals surface area contributed by atoms with E-state index in [1.165, 1.54) is 12.1 Å². The molecule has 0 spiro atoms. The Kier molecular flexibility index (Phi) is 5.31. The molecule has 0 bridgehead atoms. The van der Waals surface area contributed by atoms with E-state index < -0.39 is 16.8 Å². The number of hydrazone groups is 1. The van der Waals surface area contributed by atoms with Crippen LogP contribution in [-0.4, -0.2) is 39.2 Å². The second kappa shape index (κ2) is 7.70. The van der Waals surface area contributed by atoms with Gasteiger partial charge < -0.3 is 9.52 Å². The van der Waals surface area contributed by atoms with Gasteiger partial charge in [-0.2, -0.15) is 5.10 Å². The summed E-state index contributed by atoms with van der Waals surface area (Å²) >= 11 is 0. The van der Waals surface area contributed by atoms with Crippen molar-refractivity contribution in [3.63, 3.8) is 0 Å². The highest BCUT2D eigenvalue weighted by atomic mass is 16.6. The Morgan fingerprint density at radius 2 is 1.97 bits per heavy atom. The second-order valence-corrected chi connectivity index (χ2v) is 6.73. The molecule has 2 aromatic rings. The smallest absolute Gasteiger partial charge is 0.305 e. The molecular formula is C20H19N3O6. The van der Waals surface area contributed by atoms with Crippen LogP contribution in [0.25, 0.3) is 17.4 Å². The Morgan fingerprint density at radius 3 is 2.62 bits per heavy atom. The van der Waals surface area contributed by atoms with E-state index in [1.54, 1.807) is 32.0 Å². The molecule has 0 fully saturated rings. The highest BCUT2D eigenvalue weighted by Gasteiger charge is 2.28. The number of hydrogen-bond acceptors (Lipinski definition) is 6. The molecule has 1 aromatic carbocycles. The number of hydrogen-bond donors (Lipinski definition) is 1. The number of amides is 1. The molecule has 2 heterocycles. The van der Waals surface area contributed by atoms with E-state index in [1.807, 2.05) is 6.92 Å². The normalized spacial score (nSPS) is 15.1. The monoisotopic (exact) mass is 397 g/mol. The third kappa shape index (κ3) is 4.08. The average Bonchev–Trinajstić information content (AvgIpc) is 3.22. The fourth-order valence-electron chi connectivity index (χ4n) is 2.96. The van der Waals surface area contributed by atoms with Crippen molar-refractivity contribution < 1.29 is 24.0 Å². The molecule has 1 aromatic heterocycles. The first kappa shape index (κ1) is 20.0. The van der Waals surface area contributed by atoms with E-state index in [-0.39, 0.29) is 24.2 Å². The maximum Gasteiger partial charge on any atom is 0.305 e. The SMILES string of the molecule is CC1=NN(CCC(=O)O)C(=O)/C1=C/c1ccc(-c2cc(C)c(C)cc2[N+](=O)[O-])o1. The first-order valence-corrected chi connectivity index (χ1v) is 8.84. The fourth-order valence-corrected chi connectivity index (χ4v) is 2.96. The van der Waals surface area contributed by atoms with Crippen LogP contribution in [0, 0.1) is 24.0 Å². The number of carbonyl (C=O) groups excluding carboxylic acids is 1. The molecule has 3 rings (SSSR count). The summed E-state index contributed by atoms with van der Waals surface area (Å²) in [4.78, 5) is 34.1. The minimum atomic E-state index is -1.02. The van der Waals surface area contributed by atoms with E-state index in [9.17, 15) is 19.7 Å². The lowest BCUT2D eigenvalue weighted by Gasteiger charge is -2.09. The average molecular weight is 397 g/mol. The van der Waals surface area contributed by atoms with Crippen LogP contribution >= 0.6 is 0 Å². The lowest BCUT2D eigenvalue weighted by molar-refractivity contribution is -0.384. The van der Waals surface area contributed by atoms with Crippen LogP contribution in [0.3, 0.4) is 0 Å². The van der Waals surface area contributed by atoms with Crippen molar-refractivity contribution >= 4 is 29.4 Å². The maximum atomic E-state index is 12.5. The number of nitrogens with zero attached hydrogens (tertiary/aromatic N) is 3. The van der Waals surface area contributed by atoms with Gasteiger partial charge in [0.2, 0.25) is 0 Å². The zero-order valence-electron chi connectivity index (χ0n) is 16.1. The fraction of sp³-hybridized carbons (Fsp3) is 0.250. The van der Waals surface area contributed by atoms with Crippen LogP contribution in [0.15, 0.2) is 39.4 Å². The predicted octanol–water partition coefficient (Wildman–Crippen LogP) is 3.55. The largest absolute Gasteiger partial charge is 0.481 e. The van der Waals surface area contributed by atoms with Crippen LogP contribution in [0.2, 0.25) is 0 Å². The summed E-state index contributed by atoms with van der Waals surface area (Å²) in [6, 6.07) is 6.42. The molecule has 0 radical (unpaired) electrons. The van der Waals surface area contributed by atoms with E-state index in [4.69, 9.17) is 9.52 Å². The molecule has 0 saturated carbocycles. The maximum absolute atomic E-state index is 12.5. The van der Waals surface area contributed by atoms with Gasteiger partial charge in [0.1, 0.15) is 11.5 Å². The summed E-state index contributed by atoms with van der Waals surface area (Å²) in [6.45, 7) is 5.27. The molecule has 0 saturated heterocycles. The molecule has 0 unspecified atom stereocenters. The van der Waals surface area contributed by atoms with E-state index in [0.29, 0.717) is 22.8 Å². The van der Waals surface area contributed by atoms with Crippen LogP contribution in [0.4, 0.5) is 5.69 Å². The van der Waals surface area contributed by atoms with Crippen LogP contribution in [0.5, 0.6) is 0 Å². The zero-order valence-corrected chi connectivity index (χ0v) is 16.1. The summed E-state index contributed by atoms with van der Waals surface area (Å²) < 4.78 is 5.75. The standard InChI is InChI=1S/C20H19N3O6/c1-11-8-16(17(23(27)28)9-12(11)2)18-5-4-14(29-18)10-15-13(3)21-22(20(15)26)7-6-19(24)25/h4-5,8-10H,6-7H2,1-3H3,(H,24,25)/b15-10+. The number of carbonyl (C=O) groups is 2. The number of furan rings is 1. The van der Waals surface area contributed by atoms with Crippen molar-refractivity contribution in [2.75, 3.05) is 6.54 Å². The number of carboxylic acid groups (broad SMARTS) is 1. The topological polar surface area (TPSA) is 126 Å². The molecule has 29 heavy (non-hydrogen) atoms. The second-order valence-electron chi connectivity index (χ2n) is 6.73. The van der Waals surface area contributed by atoms with Gasteiger partial charge in [-0.05, 0) is 56.2 Å². The number of carboxylic acids is 1. The van der Waals surface area contributed by atoms with Gasteiger partial charge in [0.05, 0.1) is 34.7 Å². The van der Waals surface area contributed by atoms with Crippen molar-refractivity contribution in [2.24, 2.45) is 5.10 Å². The lowest BCUT2D eigenvalue weighted by Crippen LogP contribution is -2.24. The van der Waals surface area contributed by atoms with Crippen molar-refractivity contribution in [1.82, 2.24) is 5.01 Å². The van der Waals surface area contributed by atoms with E-state index >= 15 is 0 Å². The zero-order chi connectivity index (χ0) is 21.3.